The lowest BCUT2D eigenvalue weighted by molar-refractivity contribution is 0.590. The number of aromatic nitrogens is 1. The van der Waals surface area contributed by atoms with Gasteiger partial charge in [-0.15, -0.1) is 0 Å². The van der Waals surface area contributed by atoms with Crippen LogP contribution >= 0.6 is 0 Å². The zero-order valence-corrected chi connectivity index (χ0v) is 13.5. The highest BCUT2D eigenvalue weighted by Crippen LogP contribution is 2.29. The van der Waals surface area contributed by atoms with Crippen LogP contribution in [-0.2, 0) is 5.41 Å². The van der Waals surface area contributed by atoms with Gasteiger partial charge < -0.3 is 4.98 Å². The summed E-state index contributed by atoms with van der Waals surface area (Å²) >= 11 is 0. The molecule has 0 saturated carbocycles. The predicted octanol–water partition coefficient (Wildman–Crippen LogP) is 5.75. The van der Waals surface area contributed by atoms with Crippen LogP contribution in [0.1, 0.15) is 37.5 Å². The van der Waals surface area contributed by atoms with Crippen LogP contribution in [0.15, 0.2) is 42.5 Å². The summed E-state index contributed by atoms with van der Waals surface area (Å²) in [6.07, 6.45) is 0. The monoisotopic (exact) mass is 277 g/mol. The number of fused-ring (bicyclic) bond motifs is 1. The van der Waals surface area contributed by atoms with Gasteiger partial charge >= 0.3 is 0 Å². The number of aryl methyl sites for hydroxylation is 2. The fraction of sp³-hybridized carbons (Fsp3) is 0.300. The van der Waals surface area contributed by atoms with Gasteiger partial charge in [0.1, 0.15) is 0 Å². The Hall–Kier alpha value is -2.02. The molecule has 1 N–H and O–H groups in total. The number of hydrogen-bond acceptors (Lipinski definition) is 0. The first kappa shape index (κ1) is 13.9. The summed E-state index contributed by atoms with van der Waals surface area (Å²) in [5, 5.41) is 1.29. The van der Waals surface area contributed by atoms with Crippen LogP contribution in [0.3, 0.4) is 0 Å². The maximum atomic E-state index is 3.58. The van der Waals surface area contributed by atoms with Crippen LogP contribution in [0, 0.1) is 13.8 Å². The topological polar surface area (TPSA) is 15.8 Å². The van der Waals surface area contributed by atoms with Crippen molar-refractivity contribution in [1.82, 2.24) is 4.98 Å². The molecule has 3 aromatic rings. The first-order valence-corrected chi connectivity index (χ1v) is 7.56. The van der Waals surface area contributed by atoms with E-state index < -0.39 is 0 Å². The summed E-state index contributed by atoms with van der Waals surface area (Å²) in [4.78, 5) is 3.58. The van der Waals surface area contributed by atoms with E-state index in [1.165, 1.54) is 38.9 Å². The molecule has 0 aliphatic carbocycles. The molecule has 1 nitrogen and oxygen atoms in total. The minimum absolute atomic E-state index is 0.201. The summed E-state index contributed by atoms with van der Waals surface area (Å²) in [6, 6.07) is 15.5. The molecule has 1 aromatic heterocycles. The van der Waals surface area contributed by atoms with Gasteiger partial charge in [-0.3, -0.25) is 0 Å². The van der Waals surface area contributed by atoms with Gasteiger partial charge in [-0.25, -0.2) is 0 Å². The molecule has 0 fully saturated rings. The molecule has 108 valence electrons. The minimum Gasteiger partial charge on any atom is -0.354 e. The Balaban J connectivity index is 2.06. The molecule has 0 radical (unpaired) electrons. The van der Waals surface area contributed by atoms with Crippen molar-refractivity contribution < 1.29 is 0 Å². The van der Waals surface area contributed by atoms with Gasteiger partial charge in [0.15, 0.2) is 0 Å². The number of H-pyrrole nitrogens is 1. The molecule has 0 amide bonds. The molecule has 0 bridgehead atoms. The van der Waals surface area contributed by atoms with E-state index in [1.807, 2.05) is 0 Å². The lowest BCUT2D eigenvalue weighted by Gasteiger charge is -2.19. The molecule has 0 saturated heterocycles. The van der Waals surface area contributed by atoms with Crippen molar-refractivity contribution in [2.45, 2.75) is 40.0 Å². The smallest absolute Gasteiger partial charge is 0.0491 e. The number of hydrogen-bond donors (Lipinski definition) is 1. The minimum atomic E-state index is 0.201. The third-order valence-corrected chi connectivity index (χ3v) is 4.39. The van der Waals surface area contributed by atoms with E-state index in [4.69, 9.17) is 0 Å². The Bertz CT molecular complexity index is 783. The fourth-order valence-electron chi connectivity index (χ4n) is 2.75. The SMILES string of the molecule is Cc1ccc2cc(-c3ccc(C(C)(C)C)cc3)[nH]c2c1C. The summed E-state index contributed by atoms with van der Waals surface area (Å²) in [5.74, 6) is 0. The molecule has 0 aliphatic heterocycles. The van der Waals surface area contributed by atoms with Crippen molar-refractivity contribution in [2.24, 2.45) is 0 Å². The lowest BCUT2D eigenvalue weighted by Crippen LogP contribution is -2.10. The van der Waals surface area contributed by atoms with E-state index in [0.717, 1.165) is 0 Å². The standard InChI is InChI=1S/C20H23N/c1-13-6-7-16-12-18(21-19(16)14(13)2)15-8-10-17(11-9-15)20(3,4)5/h6-12,21H,1-5H3. The molecular weight excluding hydrogens is 254 g/mol. The van der Waals surface area contributed by atoms with E-state index in [9.17, 15) is 0 Å². The van der Waals surface area contributed by atoms with Crippen molar-refractivity contribution in [1.29, 1.82) is 0 Å². The van der Waals surface area contributed by atoms with E-state index in [-0.39, 0.29) is 5.41 Å². The Morgan fingerprint density at radius 1 is 0.857 bits per heavy atom. The van der Waals surface area contributed by atoms with E-state index in [2.05, 4.69) is 82.1 Å². The Morgan fingerprint density at radius 2 is 1.52 bits per heavy atom. The quantitative estimate of drug-likeness (QED) is 0.583. The first-order valence-electron chi connectivity index (χ1n) is 7.56. The van der Waals surface area contributed by atoms with Gasteiger partial charge in [0, 0.05) is 16.6 Å². The normalized spacial score (nSPS) is 12.0. The highest BCUT2D eigenvalue weighted by Gasteiger charge is 2.13. The summed E-state index contributed by atoms with van der Waals surface area (Å²) in [6.45, 7) is 11.1. The lowest BCUT2D eigenvalue weighted by atomic mass is 9.86. The Labute approximate surface area is 127 Å². The van der Waals surface area contributed by atoms with Crippen molar-refractivity contribution in [2.75, 3.05) is 0 Å². The van der Waals surface area contributed by atoms with Gasteiger partial charge in [0.05, 0.1) is 0 Å². The second kappa shape index (κ2) is 4.77. The van der Waals surface area contributed by atoms with Crippen molar-refractivity contribution in [3.63, 3.8) is 0 Å². The summed E-state index contributed by atoms with van der Waals surface area (Å²) in [7, 11) is 0. The van der Waals surface area contributed by atoms with Crippen molar-refractivity contribution in [3.05, 3.63) is 59.2 Å². The molecule has 3 rings (SSSR count). The molecule has 0 aliphatic rings. The fourth-order valence-corrected chi connectivity index (χ4v) is 2.75. The van der Waals surface area contributed by atoms with Gasteiger partial charge in [-0.1, -0.05) is 57.2 Å². The molecule has 0 spiro atoms. The number of nitrogens with one attached hydrogen (secondary N) is 1. The first-order chi connectivity index (χ1) is 9.86. The third-order valence-electron chi connectivity index (χ3n) is 4.39. The Kier molecular flexibility index (Phi) is 3.16. The summed E-state index contributed by atoms with van der Waals surface area (Å²) in [5.41, 5.74) is 7.94. The van der Waals surface area contributed by atoms with Gasteiger partial charge in [0.2, 0.25) is 0 Å². The van der Waals surface area contributed by atoms with Crippen LogP contribution < -0.4 is 0 Å². The zero-order valence-electron chi connectivity index (χ0n) is 13.5. The molecule has 0 unspecified atom stereocenters. The maximum absolute atomic E-state index is 3.58. The van der Waals surface area contributed by atoms with Crippen LogP contribution in [-0.4, -0.2) is 4.98 Å². The van der Waals surface area contributed by atoms with Crippen LogP contribution in [0.25, 0.3) is 22.2 Å². The number of benzene rings is 2. The Morgan fingerprint density at radius 3 is 2.14 bits per heavy atom. The molecular formula is C20H23N. The second-order valence-corrected chi connectivity index (χ2v) is 6.98. The second-order valence-electron chi connectivity index (χ2n) is 6.98. The van der Waals surface area contributed by atoms with E-state index in [1.54, 1.807) is 0 Å². The number of rotatable bonds is 1. The zero-order chi connectivity index (χ0) is 15.2. The van der Waals surface area contributed by atoms with Crippen molar-refractivity contribution in [3.8, 4) is 11.3 Å². The third kappa shape index (κ3) is 2.49. The molecule has 2 aromatic carbocycles. The molecule has 21 heavy (non-hydrogen) atoms. The average Bonchev–Trinajstić information content (AvgIpc) is 2.87. The van der Waals surface area contributed by atoms with Gasteiger partial charge in [-0.05, 0) is 47.6 Å². The van der Waals surface area contributed by atoms with Crippen LogP contribution in [0.2, 0.25) is 0 Å². The molecule has 1 heteroatoms. The summed E-state index contributed by atoms with van der Waals surface area (Å²) < 4.78 is 0. The van der Waals surface area contributed by atoms with Crippen LogP contribution in [0.5, 0.6) is 0 Å². The largest absolute Gasteiger partial charge is 0.354 e. The number of aromatic amines is 1. The van der Waals surface area contributed by atoms with Gasteiger partial charge in [0.25, 0.3) is 0 Å². The van der Waals surface area contributed by atoms with Crippen molar-refractivity contribution >= 4 is 10.9 Å². The van der Waals surface area contributed by atoms with Crippen LogP contribution in [0.4, 0.5) is 0 Å². The predicted molar refractivity (Wildman–Crippen MR) is 91.9 cm³/mol. The van der Waals surface area contributed by atoms with E-state index >= 15 is 0 Å². The highest BCUT2D eigenvalue weighted by molar-refractivity contribution is 5.88. The highest BCUT2D eigenvalue weighted by atomic mass is 14.7. The average molecular weight is 277 g/mol. The van der Waals surface area contributed by atoms with E-state index in [0.29, 0.717) is 0 Å². The maximum Gasteiger partial charge on any atom is 0.0491 e. The molecule has 0 atom stereocenters. The molecule has 1 heterocycles. The van der Waals surface area contributed by atoms with Gasteiger partial charge in [-0.2, -0.15) is 0 Å².